The molecule has 6 aliphatic rings. The summed E-state index contributed by atoms with van der Waals surface area (Å²) in [5.41, 5.74) is 1.32. The molecule has 0 aromatic carbocycles. The average Bonchev–Trinajstić information content (AvgIpc) is 3.01. The Hall–Kier alpha value is -0.570. The van der Waals surface area contributed by atoms with E-state index in [0.717, 1.165) is 24.9 Å². The second-order valence-corrected chi connectivity index (χ2v) is 15.4. The van der Waals surface area contributed by atoms with E-state index in [9.17, 15) is 4.79 Å². The Morgan fingerprint density at radius 3 is 2.24 bits per heavy atom. The zero-order valence-electron chi connectivity index (χ0n) is 22.4. The van der Waals surface area contributed by atoms with Gasteiger partial charge in [-0.2, -0.15) is 0 Å². The van der Waals surface area contributed by atoms with Crippen LogP contribution in [0.4, 0.5) is 0 Å². The summed E-state index contributed by atoms with van der Waals surface area (Å²) in [6, 6.07) is 0. The molecule has 186 valence electrons. The van der Waals surface area contributed by atoms with Gasteiger partial charge in [0.1, 0.15) is 5.60 Å². The van der Waals surface area contributed by atoms with Gasteiger partial charge < -0.3 is 9.47 Å². The molecule has 4 aliphatic carbocycles. The summed E-state index contributed by atoms with van der Waals surface area (Å²) in [7, 11) is 0. The number of esters is 1. The zero-order chi connectivity index (χ0) is 23.7. The first-order valence-electron chi connectivity index (χ1n) is 14.1. The van der Waals surface area contributed by atoms with Gasteiger partial charge in [-0.3, -0.25) is 4.79 Å². The van der Waals surface area contributed by atoms with Gasteiger partial charge in [-0.15, -0.1) is 0 Å². The molecule has 4 saturated carbocycles. The Kier molecular flexibility index (Phi) is 4.57. The van der Waals surface area contributed by atoms with Crippen LogP contribution in [0.2, 0.25) is 0 Å². The fraction of sp³-hybridized carbons (Fsp3) is 0.967. The number of carbonyl (C=O) groups excluding carboxylic acids is 1. The third-order valence-electron chi connectivity index (χ3n) is 13.5. The lowest BCUT2D eigenvalue weighted by atomic mass is 9.32. The second-order valence-electron chi connectivity index (χ2n) is 15.4. The third kappa shape index (κ3) is 2.70. The standard InChI is InChI=1S/C30H48O3/c1-25(2)14-16-30-17-15-28(6)19(23(30)24(25)32-18-30)8-9-21-27(5)12-11-22(31)33-26(3,4)20(27)10-13-29(21,28)7/h19-21,23-24H,8-18H2,1-7H3/t19-,20+,21-,23-,24-,27-,28-,29-,30+/m1/s1. The number of hydrogen-bond donors (Lipinski definition) is 0. The molecule has 0 radical (unpaired) electrons. The summed E-state index contributed by atoms with van der Waals surface area (Å²) >= 11 is 0. The van der Waals surface area contributed by atoms with Crippen molar-refractivity contribution in [1.82, 2.24) is 0 Å². The maximum absolute atomic E-state index is 12.6. The Bertz CT molecular complexity index is 861. The SMILES string of the molecule is CC1(C)CC[C@@]23CC[C@]4(C)[C@H](CC[C@@H]5[C@]6(C)CCC(=O)OC(C)(C)[C@@H]6CC[C@]54C)[C@@H]2[C@H]1OC3. The fourth-order valence-corrected chi connectivity index (χ4v) is 11.6. The van der Waals surface area contributed by atoms with Gasteiger partial charge in [0.15, 0.2) is 0 Å². The van der Waals surface area contributed by atoms with Gasteiger partial charge >= 0.3 is 5.97 Å². The normalized spacial score (nSPS) is 56.5. The first kappa shape index (κ1) is 22.9. The van der Waals surface area contributed by atoms with Crippen molar-refractivity contribution in [3.63, 3.8) is 0 Å². The van der Waals surface area contributed by atoms with Crippen molar-refractivity contribution >= 4 is 5.97 Å². The maximum atomic E-state index is 12.6. The van der Waals surface area contributed by atoms with Crippen molar-refractivity contribution in [3.05, 3.63) is 0 Å². The summed E-state index contributed by atoms with van der Waals surface area (Å²) < 4.78 is 12.8. The van der Waals surface area contributed by atoms with Crippen LogP contribution in [0.1, 0.15) is 113 Å². The van der Waals surface area contributed by atoms with E-state index >= 15 is 0 Å². The van der Waals surface area contributed by atoms with E-state index in [2.05, 4.69) is 48.5 Å². The van der Waals surface area contributed by atoms with E-state index in [1.54, 1.807) is 0 Å². The van der Waals surface area contributed by atoms with Crippen LogP contribution in [-0.2, 0) is 14.3 Å². The van der Waals surface area contributed by atoms with Crippen molar-refractivity contribution < 1.29 is 14.3 Å². The van der Waals surface area contributed by atoms with Crippen molar-refractivity contribution in [2.75, 3.05) is 6.61 Å². The molecule has 2 saturated heterocycles. The molecule has 0 spiro atoms. The van der Waals surface area contributed by atoms with Crippen LogP contribution in [0.25, 0.3) is 0 Å². The van der Waals surface area contributed by atoms with E-state index in [1.165, 1.54) is 51.4 Å². The molecule has 9 atom stereocenters. The Morgan fingerprint density at radius 2 is 1.48 bits per heavy atom. The largest absolute Gasteiger partial charge is 0.459 e. The smallest absolute Gasteiger partial charge is 0.306 e. The lowest BCUT2D eigenvalue weighted by Crippen LogP contribution is -2.66. The Labute approximate surface area is 202 Å². The van der Waals surface area contributed by atoms with Gasteiger partial charge in [-0.05, 0) is 116 Å². The highest BCUT2D eigenvalue weighted by Crippen LogP contribution is 2.77. The summed E-state index contributed by atoms with van der Waals surface area (Å²) in [6.07, 6.45) is 12.7. The number of rotatable bonds is 0. The fourth-order valence-electron chi connectivity index (χ4n) is 11.6. The monoisotopic (exact) mass is 456 g/mol. The van der Waals surface area contributed by atoms with Crippen LogP contribution >= 0.6 is 0 Å². The van der Waals surface area contributed by atoms with Gasteiger partial charge in [0.05, 0.1) is 12.7 Å². The minimum absolute atomic E-state index is 0.0231. The van der Waals surface area contributed by atoms with Crippen LogP contribution in [0, 0.1) is 50.7 Å². The highest BCUT2D eigenvalue weighted by Gasteiger charge is 2.72. The van der Waals surface area contributed by atoms with Crippen molar-refractivity contribution in [2.45, 2.75) is 124 Å². The molecule has 33 heavy (non-hydrogen) atoms. The van der Waals surface area contributed by atoms with Gasteiger partial charge in [-0.1, -0.05) is 34.6 Å². The van der Waals surface area contributed by atoms with Crippen LogP contribution in [0.3, 0.4) is 0 Å². The highest BCUT2D eigenvalue weighted by atomic mass is 16.6. The number of carbonyl (C=O) groups is 1. The predicted octanol–water partition coefficient (Wildman–Crippen LogP) is 7.17. The Balaban J connectivity index is 1.40. The molecule has 2 heterocycles. The van der Waals surface area contributed by atoms with Gasteiger partial charge in [0.2, 0.25) is 0 Å². The van der Waals surface area contributed by atoms with Crippen molar-refractivity contribution in [2.24, 2.45) is 50.7 Å². The first-order valence-corrected chi connectivity index (χ1v) is 14.1. The van der Waals surface area contributed by atoms with E-state index in [4.69, 9.17) is 9.47 Å². The Morgan fingerprint density at radius 1 is 0.758 bits per heavy atom. The number of cyclic esters (lactones) is 1. The summed E-state index contributed by atoms with van der Waals surface area (Å²) in [5.74, 6) is 2.71. The topological polar surface area (TPSA) is 35.5 Å². The molecule has 2 aliphatic heterocycles. The zero-order valence-corrected chi connectivity index (χ0v) is 22.4. The number of hydrogen-bond acceptors (Lipinski definition) is 3. The average molecular weight is 457 g/mol. The van der Waals surface area contributed by atoms with E-state index in [-0.39, 0.29) is 17.0 Å². The van der Waals surface area contributed by atoms with Gasteiger partial charge in [0.25, 0.3) is 0 Å². The van der Waals surface area contributed by atoms with E-state index in [0.29, 0.717) is 46.0 Å². The molecule has 6 rings (SSSR count). The minimum atomic E-state index is -0.349. The third-order valence-corrected chi connectivity index (χ3v) is 13.5. The maximum Gasteiger partial charge on any atom is 0.306 e. The molecule has 0 unspecified atom stereocenters. The molecule has 6 fully saturated rings. The molecule has 3 nitrogen and oxygen atoms in total. The summed E-state index contributed by atoms with van der Waals surface area (Å²) in [6.45, 7) is 18.3. The van der Waals surface area contributed by atoms with Crippen molar-refractivity contribution in [1.29, 1.82) is 0 Å². The van der Waals surface area contributed by atoms with Gasteiger partial charge in [-0.25, -0.2) is 0 Å². The molecular formula is C30H48O3. The highest BCUT2D eigenvalue weighted by molar-refractivity contribution is 5.70. The van der Waals surface area contributed by atoms with Crippen LogP contribution in [0.15, 0.2) is 0 Å². The van der Waals surface area contributed by atoms with E-state index < -0.39 is 0 Å². The number of ether oxygens (including phenoxy) is 2. The predicted molar refractivity (Wildman–Crippen MR) is 131 cm³/mol. The molecule has 0 amide bonds. The van der Waals surface area contributed by atoms with Gasteiger partial charge in [0, 0.05) is 12.3 Å². The van der Waals surface area contributed by atoms with Crippen LogP contribution < -0.4 is 0 Å². The molecule has 0 aromatic heterocycles. The second kappa shape index (κ2) is 6.60. The van der Waals surface area contributed by atoms with Crippen molar-refractivity contribution in [3.8, 4) is 0 Å². The molecule has 3 heteroatoms. The summed E-state index contributed by atoms with van der Waals surface area (Å²) in [5, 5.41) is 0. The quantitative estimate of drug-likeness (QED) is 0.362. The summed E-state index contributed by atoms with van der Waals surface area (Å²) in [4.78, 5) is 12.6. The molecular weight excluding hydrogens is 408 g/mol. The number of fused-ring (bicyclic) bond motifs is 5. The first-order chi connectivity index (χ1) is 15.3. The molecule has 0 N–H and O–H groups in total. The lowest BCUT2D eigenvalue weighted by Gasteiger charge is -2.72. The molecule has 2 bridgehead atoms. The van der Waals surface area contributed by atoms with Crippen LogP contribution in [0.5, 0.6) is 0 Å². The van der Waals surface area contributed by atoms with E-state index in [1.807, 2.05) is 0 Å². The minimum Gasteiger partial charge on any atom is -0.459 e. The van der Waals surface area contributed by atoms with Crippen LogP contribution in [-0.4, -0.2) is 24.3 Å². The lowest BCUT2D eigenvalue weighted by molar-refractivity contribution is -0.239. The molecule has 0 aromatic rings.